The number of aromatic nitrogens is 2. The summed E-state index contributed by atoms with van der Waals surface area (Å²) < 4.78 is 1.90. The van der Waals surface area contributed by atoms with E-state index in [4.69, 9.17) is 0 Å². The number of rotatable bonds is 7. The number of benzene rings is 2. The van der Waals surface area contributed by atoms with Crippen LogP contribution >= 0.6 is 0 Å². The molecule has 0 radical (unpaired) electrons. The Kier molecular flexibility index (Phi) is 5.81. The molecule has 0 spiro atoms. The van der Waals surface area contributed by atoms with Crippen LogP contribution in [0.2, 0.25) is 0 Å². The fraction of sp³-hybridized carbons (Fsp3) is 0.238. The maximum Gasteiger partial charge on any atom is 0.259 e. The van der Waals surface area contributed by atoms with Gasteiger partial charge in [-0.05, 0) is 29.7 Å². The molecule has 0 saturated heterocycles. The molecular formula is C21H23N3O2. The van der Waals surface area contributed by atoms with Gasteiger partial charge in [-0.15, -0.1) is 0 Å². The fourth-order valence-corrected chi connectivity index (χ4v) is 2.94. The topological polar surface area (TPSA) is 67.2 Å². The van der Waals surface area contributed by atoms with Crippen molar-refractivity contribution in [2.75, 3.05) is 5.32 Å². The summed E-state index contributed by atoms with van der Waals surface area (Å²) in [5.74, 6) is -0.178. The van der Waals surface area contributed by atoms with Gasteiger partial charge in [0.05, 0.1) is 30.6 Å². The van der Waals surface area contributed by atoms with E-state index in [-0.39, 0.29) is 12.5 Å². The average molecular weight is 349 g/mol. The van der Waals surface area contributed by atoms with E-state index < -0.39 is 0 Å². The molecule has 1 amide bonds. The molecule has 2 N–H and O–H groups in total. The fourth-order valence-electron chi connectivity index (χ4n) is 2.94. The summed E-state index contributed by atoms with van der Waals surface area (Å²) >= 11 is 0. The maximum absolute atomic E-state index is 12.7. The van der Waals surface area contributed by atoms with Crippen molar-refractivity contribution in [1.29, 1.82) is 0 Å². The van der Waals surface area contributed by atoms with Crippen LogP contribution in [0.3, 0.4) is 0 Å². The van der Waals surface area contributed by atoms with Gasteiger partial charge >= 0.3 is 0 Å². The molecule has 1 heterocycles. The number of hydrogen-bond acceptors (Lipinski definition) is 3. The van der Waals surface area contributed by atoms with Crippen LogP contribution in [0.5, 0.6) is 0 Å². The highest BCUT2D eigenvalue weighted by Crippen LogP contribution is 2.17. The van der Waals surface area contributed by atoms with Gasteiger partial charge in [-0.3, -0.25) is 9.48 Å². The molecule has 0 saturated carbocycles. The van der Waals surface area contributed by atoms with Crippen molar-refractivity contribution in [3.63, 3.8) is 0 Å². The van der Waals surface area contributed by atoms with Crippen LogP contribution in [0.4, 0.5) is 5.69 Å². The minimum Gasteiger partial charge on any atom is -0.392 e. The van der Waals surface area contributed by atoms with Gasteiger partial charge in [-0.1, -0.05) is 55.8 Å². The lowest BCUT2D eigenvalue weighted by Crippen LogP contribution is -2.15. The van der Waals surface area contributed by atoms with E-state index >= 15 is 0 Å². The Bertz CT molecular complexity index is 872. The van der Waals surface area contributed by atoms with Crippen LogP contribution in [-0.4, -0.2) is 20.8 Å². The average Bonchev–Trinajstić information content (AvgIpc) is 3.05. The first-order chi connectivity index (χ1) is 12.7. The van der Waals surface area contributed by atoms with Gasteiger partial charge in [0, 0.05) is 5.69 Å². The molecule has 0 bridgehead atoms. The van der Waals surface area contributed by atoms with Crippen molar-refractivity contribution in [1.82, 2.24) is 9.78 Å². The molecule has 0 aliphatic rings. The largest absolute Gasteiger partial charge is 0.392 e. The van der Waals surface area contributed by atoms with E-state index in [0.29, 0.717) is 17.8 Å². The minimum absolute atomic E-state index is 0.0558. The van der Waals surface area contributed by atoms with Crippen molar-refractivity contribution in [3.8, 4) is 0 Å². The Morgan fingerprint density at radius 3 is 2.62 bits per heavy atom. The second-order valence-electron chi connectivity index (χ2n) is 6.21. The zero-order valence-corrected chi connectivity index (χ0v) is 14.9. The molecule has 0 unspecified atom stereocenters. The molecule has 3 aromatic rings. The number of amides is 1. The summed E-state index contributed by atoms with van der Waals surface area (Å²) in [4.78, 5) is 12.7. The van der Waals surface area contributed by atoms with Crippen LogP contribution in [0, 0.1) is 0 Å². The number of carbonyl (C=O) groups excluding carboxylic acids is 1. The first-order valence-corrected chi connectivity index (χ1v) is 8.81. The summed E-state index contributed by atoms with van der Waals surface area (Å²) in [6.07, 6.45) is 3.35. The van der Waals surface area contributed by atoms with E-state index in [2.05, 4.69) is 29.5 Å². The monoisotopic (exact) mass is 349 g/mol. The predicted molar refractivity (Wildman–Crippen MR) is 102 cm³/mol. The smallest absolute Gasteiger partial charge is 0.259 e. The normalized spacial score (nSPS) is 10.7. The SMILES string of the molecule is CCCc1c(C(=O)Nc2cccc(CO)c2)cnn1Cc1ccccc1. The Balaban J connectivity index is 1.83. The van der Waals surface area contributed by atoms with Gasteiger partial charge < -0.3 is 10.4 Å². The number of aliphatic hydroxyl groups is 1. The molecule has 0 fully saturated rings. The molecule has 0 atom stereocenters. The van der Waals surface area contributed by atoms with Crippen molar-refractivity contribution in [2.24, 2.45) is 0 Å². The first-order valence-electron chi connectivity index (χ1n) is 8.81. The molecule has 134 valence electrons. The highest BCUT2D eigenvalue weighted by Gasteiger charge is 2.17. The van der Waals surface area contributed by atoms with Crippen molar-refractivity contribution >= 4 is 11.6 Å². The molecular weight excluding hydrogens is 326 g/mol. The van der Waals surface area contributed by atoms with Gasteiger partial charge in [0.25, 0.3) is 5.91 Å². The van der Waals surface area contributed by atoms with Crippen molar-refractivity contribution in [3.05, 3.63) is 83.2 Å². The summed E-state index contributed by atoms with van der Waals surface area (Å²) in [6, 6.07) is 17.3. The number of anilines is 1. The van der Waals surface area contributed by atoms with Crippen LogP contribution in [0.1, 0.15) is 40.5 Å². The van der Waals surface area contributed by atoms with Gasteiger partial charge in [0.15, 0.2) is 0 Å². The van der Waals surface area contributed by atoms with E-state index in [1.54, 1.807) is 12.3 Å². The summed E-state index contributed by atoms with van der Waals surface area (Å²) in [5.41, 5.74) is 4.11. The lowest BCUT2D eigenvalue weighted by molar-refractivity contribution is 0.102. The molecule has 1 aromatic heterocycles. The predicted octanol–water partition coefficient (Wildman–Crippen LogP) is 3.63. The van der Waals surface area contributed by atoms with Gasteiger partial charge in [-0.25, -0.2) is 0 Å². The lowest BCUT2D eigenvalue weighted by atomic mass is 10.1. The molecule has 3 rings (SSSR count). The first kappa shape index (κ1) is 17.9. The Morgan fingerprint density at radius 2 is 1.88 bits per heavy atom. The van der Waals surface area contributed by atoms with Crippen LogP contribution in [-0.2, 0) is 19.6 Å². The summed E-state index contributed by atoms with van der Waals surface area (Å²) in [6.45, 7) is 2.68. The molecule has 5 nitrogen and oxygen atoms in total. The molecule has 5 heteroatoms. The third-order valence-corrected chi connectivity index (χ3v) is 4.22. The Morgan fingerprint density at radius 1 is 1.12 bits per heavy atom. The van der Waals surface area contributed by atoms with E-state index in [9.17, 15) is 9.90 Å². The van der Waals surface area contributed by atoms with Gasteiger partial charge in [0.1, 0.15) is 0 Å². The molecule has 2 aromatic carbocycles. The highest BCUT2D eigenvalue weighted by molar-refractivity contribution is 6.05. The number of nitrogens with zero attached hydrogens (tertiary/aromatic N) is 2. The number of aliphatic hydroxyl groups excluding tert-OH is 1. The molecule has 26 heavy (non-hydrogen) atoms. The zero-order valence-electron chi connectivity index (χ0n) is 14.9. The zero-order chi connectivity index (χ0) is 18.4. The van der Waals surface area contributed by atoms with Crippen molar-refractivity contribution < 1.29 is 9.90 Å². The molecule has 0 aliphatic heterocycles. The quantitative estimate of drug-likeness (QED) is 0.684. The van der Waals surface area contributed by atoms with Gasteiger partial charge in [-0.2, -0.15) is 5.10 Å². The van der Waals surface area contributed by atoms with Crippen LogP contribution < -0.4 is 5.32 Å². The second-order valence-corrected chi connectivity index (χ2v) is 6.21. The number of hydrogen-bond donors (Lipinski definition) is 2. The minimum atomic E-state index is -0.178. The standard InChI is InChI=1S/C21H23N3O2/c1-2-7-20-19(13-22-24(20)14-16-8-4-3-5-9-16)21(26)23-18-11-6-10-17(12-18)15-25/h3-6,8-13,25H,2,7,14-15H2,1H3,(H,23,26). The summed E-state index contributed by atoms with van der Waals surface area (Å²) in [7, 11) is 0. The van der Waals surface area contributed by atoms with Crippen LogP contribution in [0.25, 0.3) is 0 Å². The van der Waals surface area contributed by atoms with Crippen molar-refractivity contribution in [2.45, 2.75) is 32.9 Å². The lowest BCUT2D eigenvalue weighted by Gasteiger charge is -2.10. The Labute approximate surface area is 153 Å². The number of carbonyl (C=O) groups is 1. The number of nitrogens with one attached hydrogen (secondary N) is 1. The Hall–Kier alpha value is -2.92. The maximum atomic E-state index is 12.7. The van der Waals surface area contributed by atoms with E-state index in [0.717, 1.165) is 29.7 Å². The van der Waals surface area contributed by atoms with E-state index in [1.807, 2.05) is 41.1 Å². The van der Waals surface area contributed by atoms with Crippen LogP contribution in [0.15, 0.2) is 60.8 Å². The summed E-state index contributed by atoms with van der Waals surface area (Å²) in [5, 5.41) is 16.6. The van der Waals surface area contributed by atoms with Gasteiger partial charge in [0.2, 0.25) is 0 Å². The highest BCUT2D eigenvalue weighted by atomic mass is 16.3. The molecule has 0 aliphatic carbocycles. The third-order valence-electron chi connectivity index (χ3n) is 4.22. The second kappa shape index (κ2) is 8.45. The van der Waals surface area contributed by atoms with E-state index in [1.165, 1.54) is 0 Å². The third kappa shape index (κ3) is 4.18.